The van der Waals surface area contributed by atoms with Gasteiger partial charge in [-0.15, -0.1) is 0 Å². The number of rotatable bonds is 3. The number of hydrogen-bond donors (Lipinski definition) is 1. The molecule has 1 atom stereocenters. The average Bonchev–Trinajstić information content (AvgIpc) is 2.55. The van der Waals surface area contributed by atoms with Crippen molar-refractivity contribution in [2.24, 2.45) is 0 Å². The topological polar surface area (TPSA) is 71.1 Å². The molecule has 2 aliphatic heterocycles. The molecule has 0 spiro atoms. The number of methoxy groups -OCH3 is 1. The van der Waals surface area contributed by atoms with Crippen LogP contribution in [0.2, 0.25) is 0 Å². The van der Waals surface area contributed by atoms with E-state index in [1.54, 1.807) is 6.92 Å². The van der Waals surface area contributed by atoms with Crippen LogP contribution in [0.3, 0.4) is 0 Å². The lowest BCUT2D eigenvalue weighted by molar-refractivity contribution is -0.134. The minimum absolute atomic E-state index is 0.0409. The zero-order chi connectivity index (χ0) is 15.2. The van der Waals surface area contributed by atoms with Crippen molar-refractivity contribution in [3.8, 4) is 0 Å². The fourth-order valence-corrected chi connectivity index (χ4v) is 2.97. The van der Waals surface area contributed by atoms with Crippen molar-refractivity contribution in [3.05, 3.63) is 0 Å². The maximum absolute atomic E-state index is 12.3. The molecule has 2 rings (SSSR count). The fraction of sp³-hybridized carbons (Fsp3) is 0.857. The van der Waals surface area contributed by atoms with Crippen LogP contribution in [0.5, 0.6) is 0 Å². The van der Waals surface area contributed by atoms with Gasteiger partial charge in [0.05, 0.1) is 20.3 Å². The lowest BCUT2D eigenvalue weighted by Crippen LogP contribution is -2.53. The first-order valence-corrected chi connectivity index (χ1v) is 7.57. The number of morpholine rings is 1. The number of likely N-dealkylation sites (tertiary alicyclic amines) is 1. The molecule has 2 saturated heterocycles. The van der Waals surface area contributed by atoms with Crippen LogP contribution in [0.1, 0.15) is 19.8 Å². The molecule has 0 aliphatic carbocycles. The van der Waals surface area contributed by atoms with E-state index in [4.69, 9.17) is 4.74 Å². The van der Waals surface area contributed by atoms with Gasteiger partial charge in [-0.3, -0.25) is 9.69 Å². The van der Waals surface area contributed by atoms with Gasteiger partial charge < -0.3 is 19.7 Å². The van der Waals surface area contributed by atoms with Gasteiger partial charge in [0.25, 0.3) is 0 Å². The molecule has 0 aromatic carbocycles. The Hall–Kier alpha value is -1.34. The lowest BCUT2D eigenvalue weighted by atomic mass is 10.0. The van der Waals surface area contributed by atoms with E-state index in [0.717, 1.165) is 52.2 Å². The highest BCUT2D eigenvalue weighted by Gasteiger charge is 2.30. The third-order valence-electron chi connectivity index (χ3n) is 4.23. The van der Waals surface area contributed by atoms with Gasteiger partial charge in [0.1, 0.15) is 6.04 Å². The maximum atomic E-state index is 12.3. The van der Waals surface area contributed by atoms with E-state index < -0.39 is 12.1 Å². The minimum Gasteiger partial charge on any atom is -0.453 e. The minimum atomic E-state index is -0.570. The van der Waals surface area contributed by atoms with Gasteiger partial charge in [-0.1, -0.05) is 0 Å². The van der Waals surface area contributed by atoms with Crippen molar-refractivity contribution in [2.75, 3.05) is 46.5 Å². The summed E-state index contributed by atoms with van der Waals surface area (Å²) in [5.41, 5.74) is 0. The van der Waals surface area contributed by atoms with Crippen LogP contribution in [0.25, 0.3) is 0 Å². The smallest absolute Gasteiger partial charge is 0.407 e. The maximum Gasteiger partial charge on any atom is 0.407 e. The van der Waals surface area contributed by atoms with Crippen molar-refractivity contribution in [3.63, 3.8) is 0 Å². The summed E-state index contributed by atoms with van der Waals surface area (Å²) in [4.78, 5) is 27.7. The lowest BCUT2D eigenvalue weighted by Gasteiger charge is -2.40. The van der Waals surface area contributed by atoms with Crippen molar-refractivity contribution >= 4 is 12.0 Å². The Labute approximate surface area is 125 Å². The molecule has 2 aliphatic rings. The van der Waals surface area contributed by atoms with Crippen LogP contribution < -0.4 is 5.32 Å². The number of carbonyl (C=O) groups is 2. The zero-order valence-electron chi connectivity index (χ0n) is 12.8. The molecule has 1 N–H and O–H groups in total. The summed E-state index contributed by atoms with van der Waals surface area (Å²) in [7, 11) is 1.29. The summed E-state index contributed by atoms with van der Waals surface area (Å²) in [6, 6.07) is -0.000732. The summed E-state index contributed by atoms with van der Waals surface area (Å²) in [6.07, 6.45) is 1.40. The van der Waals surface area contributed by atoms with Gasteiger partial charge >= 0.3 is 6.09 Å². The van der Waals surface area contributed by atoms with Crippen LogP contribution in [-0.2, 0) is 14.3 Å². The third-order valence-corrected chi connectivity index (χ3v) is 4.23. The molecule has 0 bridgehead atoms. The normalized spacial score (nSPS) is 22.7. The quantitative estimate of drug-likeness (QED) is 0.797. The Morgan fingerprint density at radius 3 is 2.38 bits per heavy atom. The highest BCUT2D eigenvalue weighted by atomic mass is 16.5. The highest BCUT2D eigenvalue weighted by Crippen LogP contribution is 2.18. The molecular weight excluding hydrogens is 274 g/mol. The largest absolute Gasteiger partial charge is 0.453 e. The van der Waals surface area contributed by atoms with E-state index in [1.165, 1.54) is 7.11 Å². The Bertz CT molecular complexity index is 363. The van der Waals surface area contributed by atoms with Gasteiger partial charge in [0.2, 0.25) is 5.91 Å². The molecule has 7 nitrogen and oxygen atoms in total. The van der Waals surface area contributed by atoms with Gasteiger partial charge in [-0.25, -0.2) is 4.79 Å². The zero-order valence-corrected chi connectivity index (χ0v) is 12.8. The summed E-state index contributed by atoms with van der Waals surface area (Å²) < 4.78 is 9.89. The molecule has 21 heavy (non-hydrogen) atoms. The number of nitrogens with one attached hydrogen (secondary N) is 1. The van der Waals surface area contributed by atoms with Crippen molar-refractivity contribution in [1.82, 2.24) is 15.1 Å². The summed E-state index contributed by atoms with van der Waals surface area (Å²) in [5.74, 6) is -0.0409. The first kappa shape index (κ1) is 16.0. The average molecular weight is 299 g/mol. The Morgan fingerprint density at radius 2 is 1.81 bits per heavy atom. The van der Waals surface area contributed by atoms with Crippen LogP contribution in [-0.4, -0.2) is 80.4 Å². The molecule has 0 saturated carbocycles. The monoisotopic (exact) mass is 299 g/mol. The van der Waals surface area contributed by atoms with Crippen molar-refractivity contribution < 1.29 is 19.1 Å². The van der Waals surface area contributed by atoms with Gasteiger partial charge in [0, 0.05) is 32.2 Å². The molecule has 7 heteroatoms. The predicted molar refractivity (Wildman–Crippen MR) is 77.0 cm³/mol. The summed E-state index contributed by atoms with van der Waals surface area (Å²) in [5, 5.41) is 2.52. The van der Waals surface area contributed by atoms with E-state index >= 15 is 0 Å². The third kappa shape index (κ3) is 4.31. The first-order chi connectivity index (χ1) is 10.1. The van der Waals surface area contributed by atoms with Crippen LogP contribution in [0, 0.1) is 0 Å². The molecule has 0 aromatic heterocycles. The standard InChI is InChI=1S/C14H25N3O4/c1-11(15-14(19)20-2)13(18)17-5-3-12(4-6-17)16-7-9-21-10-8-16/h11-12H,3-10H2,1-2H3,(H,15,19)/t11-/m1/s1. The van der Waals surface area contributed by atoms with E-state index in [2.05, 4.69) is 15.0 Å². The SMILES string of the molecule is COC(=O)N[C@H](C)C(=O)N1CCC(N2CCOCC2)CC1. The molecule has 0 radical (unpaired) electrons. The van der Waals surface area contributed by atoms with Crippen molar-refractivity contribution in [1.29, 1.82) is 0 Å². The number of amides is 2. The number of nitrogens with zero attached hydrogens (tertiary/aromatic N) is 2. The van der Waals surface area contributed by atoms with Crippen LogP contribution in [0.15, 0.2) is 0 Å². The van der Waals surface area contributed by atoms with E-state index in [-0.39, 0.29) is 5.91 Å². The number of alkyl carbamates (subject to hydrolysis) is 1. The Balaban J connectivity index is 1.77. The number of piperidine rings is 1. The van der Waals surface area contributed by atoms with E-state index in [9.17, 15) is 9.59 Å². The molecule has 0 unspecified atom stereocenters. The molecule has 2 heterocycles. The molecule has 2 fully saturated rings. The molecular formula is C14H25N3O4. The first-order valence-electron chi connectivity index (χ1n) is 7.57. The molecule has 120 valence electrons. The highest BCUT2D eigenvalue weighted by molar-refractivity contribution is 5.85. The van der Waals surface area contributed by atoms with Crippen molar-refractivity contribution in [2.45, 2.75) is 31.8 Å². The summed E-state index contributed by atoms with van der Waals surface area (Å²) in [6.45, 7) is 6.76. The van der Waals surface area contributed by atoms with Crippen LogP contribution >= 0.6 is 0 Å². The number of ether oxygens (including phenoxy) is 2. The molecule has 0 aromatic rings. The number of carbonyl (C=O) groups excluding carboxylic acids is 2. The van der Waals surface area contributed by atoms with Gasteiger partial charge in [-0.05, 0) is 19.8 Å². The Morgan fingerprint density at radius 1 is 1.19 bits per heavy atom. The second kappa shape index (κ2) is 7.61. The Kier molecular flexibility index (Phi) is 5.81. The second-order valence-electron chi connectivity index (χ2n) is 5.56. The number of hydrogen-bond acceptors (Lipinski definition) is 5. The van der Waals surface area contributed by atoms with Gasteiger partial charge in [0.15, 0.2) is 0 Å². The predicted octanol–water partition coefficient (Wildman–Crippen LogP) is 0.0541. The van der Waals surface area contributed by atoms with Gasteiger partial charge in [-0.2, -0.15) is 0 Å². The van der Waals surface area contributed by atoms with Crippen LogP contribution in [0.4, 0.5) is 4.79 Å². The summed E-state index contributed by atoms with van der Waals surface area (Å²) >= 11 is 0. The second-order valence-corrected chi connectivity index (χ2v) is 5.56. The van der Waals surface area contributed by atoms with E-state index in [1.807, 2.05) is 4.90 Å². The molecule has 2 amide bonds. The fourth-order valence-electron chi connectivity index (χ4n) is 2.97. The van der Waals surface area contributed by atoms with E-state index in [0.29, 0.717) is 6.04 Å².